The predicted octanol–water partition coefficient (Wildman–Crippen LogP) is 3.68. The minimum absolute atomic E-state index is 0.0147. The molecule has 0 aliphatic rings. The molecule has 0 aliphatic heterocycles. The standard InChI is InChI=1S/C16H13FN2O/c1-10(20)12-3-8-16-15(9-12)18-11(2)19(16)14-6-4-13(17)5-7-14/h3-9H,1-2H3. The van der Waals surface area contributed by atoms with Crippen molar-refractivity contribution >= 4 is 16.8 Å². The number of aryl methyl sites for hydroxylation is 1. The zero-order valence-electron chi connectivity index (χ0n) is 11.2. The highest BCUT2D eigenvalue weighted by molar-refractivity contribution is 5.97. The van der Waals surface area contributed by atoms with Crippen LogP contribution in [0, 0.1) is 12.7 Å². The Hall–Kier alpha value is -2.49. The van der Waals surface area contributed by atoms with E-state index in [4.69, 9.17) is 0 Å². The summed E-state index contributed by atoms with van der Waals surface area (Å²) in [6, 6.07) is 11.7. The van der Waals surface area contributed by atoms with Gasteiger partial charge in [0.2, 0.25) is 0 Å². The summed E-state index contributed by atoms with van der Waals surface area (Å²) in [5, 5.41) is 0. The molecule has 2 aromatic carbocycles. The third-order valence-electron chi connectivity index (χ3n) is 3.31. The zero-order valence-corrected chi connectivity index (χ0v) is 11.2. The molecule has 0 unspecified atom stereocenters. The molecule has 0 saturated carbocycles. The van der Waals surface area contributed by atoms with Gasteiger partial charge in [-0.25, -0.2) is 9.37 Å². The Morgan fingerprint density at radius 2 is 1.85 bits per heavy atom. The number of nitrogens with zero attached hydrogens (tertiary/aromatic N) is 2. The fraction of sp³-hybridized carbons (Fsp3) is 0.125. The first-order chi connectivity index (χ1) is 9.56. The van der Waals surface area contributed by atoms with Crippen molar-refractivity contribution in [3.05, 3.63) is 59.7 Å². The smallest absolute Gasteiger partial charge is 0.159 e. The molecule has 100 valence electrons. The topological polar surface area (TPSA) is 34.9 Å². The molecule has 3 rings (SSSR count). The zero-order chi connectivity index (χ0) is 14.3. The molecule has 0 bridgehead atoms. The van der Waals surface area contributed by atoms with Gasteiger partial charge in [0.1, 0.15) is 11.6 Å². The molecular formula is C16H13FN2O. The molecule has 20 heavy (non-hydrogen) atoms. The maximum atomic E-state index is 13.0. The number of rotatable bonds is 2. The van der Waals surface area contributed by atoms with E-state index in [9.17, 15) is 9.18 Å². The van der Waals surface area contributed by atoms with E-state index < -0.39 is 0 Å². The third kappa shape index (κ3) is 1.99. The number of imidazole rings is 1. The maximum absolute atomic E-state index is 13.0. The van der Waals surface area contributed by atoms with Crippen LogP contribution in [0.25, 0.3) is 16.7 Å². The van der Waals surface area contributed by atoms with Crippen LogP contribution in [0.4, 0.5) is 4.39 Å². The van der Waals surface area contributed by atoms with Gasteiger partial charge >= 0.3 is 0 Å². The third-order valence-corrected chi connectivity index (χ3v) is 3.31. The highest BCUT2D eigenvalue weighted by atomic mass is 19.1. The second-order valence-corrected chi connectivity index (χ2v) is 4.73. The molecule has 0 atom stereocenters. The SMILES string of the molecule is CC(=O)c1ccc2c(c1)nc(C)n2-c1ccc(F)cc1. The monoisotopic (exact) mass is 268 g/mol. The first-order valence-corrected chi connectivity index (χ1v) is 6.32. The Morgan fingerprint density at radius 1 is 1.15 bits per heavy atom. The molecule has 1 aromatic heterocycles. The lowest BCUT2D eigenvalue weighted by molar-refractivity contribution is 0.101. The number of ketones is 1. The van der Waals surface area contributed by atoms with Crippen LogP contribution in [0.2, 0.25) is 0 Å². The molecule has 4 heteroatoms. The number of carbonyl (C=O) groups is 1. The molecule has 0 N–H and O–H groups in total. The number of aromatic nitrogens is 2. The van der Waals surface area contributed by atoms with E-state index in [1.54, 1.807) is 24.3 Å². The first-order valence-electron chi connectivity index (χ1n) is 6.32. The van der Waals surface area contributed by atoms with Gasteiger partial charge in [-0.05, 0) is 56.3 Å². The lowest BCUT2D eigenvalue weighted by Gasteiger charge is -2.06. The van der Waals surface area contributed by atoms with E-state index in [0.717, 1.165) is 22.5 Å². The van der Waals surface area contributed by atoms with E-state index in [2.05, 4.69) is 4.98 Å². The van der Waals surface area contributed by atoms with Crippen LogP contribution in [-0.2, 0) is 0 Å². The number of hydrogen-bond donors (Lipinski definition) is 0. The van der Waals surface area contributed by atoms with Crippen molar-refractivity contribution in [2.24, 2.45) is 0 Å². The summed E-state index contributed by atoms with van der Waals surface area (Å²) in [5.74, 6) is 0.544. The molecule has 1 heterocycles. The van der Waals surface area contributed by atoms with Crippen molar-refractivity contribution in [3.8, 4) is 5.69 Å². The average molecular weight is 268 g/mol. The van der Waals surface area contributed by atoms with Gasteiger partial charge in [0.05, 0.1) is 11.0 Å². The van der Waals surface area contributed by atoms with Gasteiger partial charge in [-0.2, -0.15) is 0 Å². The molecule has 0 fully saturated rings. The summed E-state index contributed by atoms with van der Waals surface area (Å²) >= 11 is 0. The molecule has 0 aliphatic carbocycles. The van der Waals surface area contributed by atoms with Gasteiger partial charge in [-0.15, -0.1) is 0 Å². The van der Waals surface area contributed by atoms with Crippen LogP contribution in [0.5, 0.6) is 0 Å². The molecular weight excluding hydrogens is 255 g/mol. The van der Waals surface area contributed by atoms with Gasteiger partial charge in [-0.3, -0.25) is 9.36 Å². The van der Waals surface area contributed by atoms with Gasteiger partial charge in [0.25, 0.3) is 0 Å². The average Bonchev–Trinajstić information content (AvgIpc) is 2.74. The Balaban J connectivity index is 2.23. The van der Waals surface area contributed by atoms with Gasteiger partial charge in [0, 0.05) is 11.3 Å². The number of halogens is 1. The Morgan fingerprint density at radius 3 is 2.50 bits per heavy atom. The Labute approximate surface area is 115 Å². The van der Waals surface area contributed by atoms with E-state index >= 15 is 0 Å². The minimum Gasteiger partial charge on any atom is -0.297 e. The first kappa shape index (κ1) is 12.5. The summed E-state index contributed by atoms with van der Waals surface area (Å²) < 4.78 is 15.0. The molecule has 0 radical (unpaired) electrons. The largest absolute Gasteiger partial charge is 0.297 e. The summed E-state index contributed by atoms with van der Waals surface area (Å²) in [7, 11) is 0. The Kier molecular flexibility index (Phi) is 2.86. The molecule has 3 nitrogen and oxygen atoms in total. The number of fused-ring (bicyclic) bond motifs is 1. The number of Topliss-reactive ketones (excluding diaryl/α,β-unsaturated/α-hetero) is 1. The van der Waals surface area contributed by atoms with E-state index in [-0.39, 0.29) is 11.6 Å². The normalized spacial score (nSPS) is 10.9. The summed E-state index contributed by atoms with van der Waals surface area (Å²) in [6.45, 7) is 3.42. The highest BCUT2D eigenvalue weighted by Gasteiger charge is 2.11. The molecule has 0 amide bonds. The minimum atomic E-state index is -0.269. The summed E-state index contributed by atoms with van der Waals surface area (Å²) in [5.41, 5.74) is 3.15. The number of benzene rings is 2. The Bertz CT molecular complexity index is 803. The predicted molar refractivity (Wildman–Crippen MR) is 75.8 cm³/mol. The molecule has 0 saturated heterocycles. The van der Waals surface area contributed by atoms with Gasteiger partial charge < -0.3 is 0 Å². The summed E-state index contributed by atoms with van der Waals surface area (Å²) in [6.07, 6.45) is 0. The van der Waals surface area contributed by atoms with Crippen LogP contribution in [0.3, 0.4) is 0 Å². The van der Waals surface area contributed by atoms with Crippen molar-refractivity contribution < 1.29 is 9.18 Å². The van der Waals surface area contributed by atoms with E-state index in [1.807, 2.05) is 17.6 Å². The van der Waals surface area contributed by atoms with Crippen molar-refractivity contribution in [1.29, 1.82) is 0 Å². The van der Waals surface area contributed by atoms with Crippen LogP contribution in [0.1, 0.15) is 23.1 Å². The van der Waals surface area contributed by atoms with Crippen molar-refractivity contribution in [2.45, 2.75) is 13.8 Å². The van der Waals surface area contributed by atoms with E-state index in [1.165, 1.54) is 19.1 Å². The van der Waals surface area contributed by atoms with Gasteiger partial charge in [0.15, 0.2) is 5.78 Å². The second-order valence-electron chi connectivity index (χ2n) is 4.73. The highest BCUT2D eigenvalue weighted by Crippen LogP contribution is 2.22. The fourth-order valence-electron chi connectivity index (χ4n) is 2.34. The number of hydrogen-bond acceptors (Lipinski definition) is 2. The number of carbonyl (C=O) groups excluding carboxylic acids is 1. The molecule has 3 aromatic rings. The fourth-order valence-corrected chi connectivity index (χ4v) is 2.34. The van der Waals surface area contributed by atoms with Crippen molar-refractivity contribution in [3.63, 3.8) is 0 Å². The van der Waals surface area contributed by atoms with Crippen molar-refractivity contribution in [2.75, 3.05) is 0 Å². The van der Waals surface area contributed by atoms with Crippen LogP contribution in [-0.4, -0.2) is 15.3 Å². The summed E-state index contributed by atoms with van der Waals surface area (Å²) in [4.78, 5) is 15.9. The van der Waals surface area contributed by atoms with Crippen LogP contribution in [0.15, 0.2) is 42.5 Å². The van der Waals surface area contributed by atoms with Crippen LogP contribution < -0.4 is 0 Å². The van der Waals surface area contributed by atoms with Crippen LogP contribution >= 0.6 is 0 Å². The van der Waals surface area contributed by atoms with E-state index in [0.29, 0.717) is 5.56 Å². The van der Waals surface area contributed by atoms with Gasteiger partial charge in [-0.1, -0.05) is 0 Å². The lowest BCUT2D eigenvalue weighted by atomic mass is 10.1. The van der Waals surface area contributed by atoms with Crippen molar-refractivity contribution in [1.82, 2.24) is 9.55 Å². The quantitative estimate of drug-likeness (QED) is 0.664. The second kappa shape index (κ2) is 4.56. The molecule has 0 spiro atoms. The lowest BCUT2D eigenvalue weighted by Crippen LogP contribution is -1.97. The maximum Gasteiger partial charge on any atom is 0.159 e.